The minimum atomic E-state index is 0. The summed E-state index contributed by atoms with van der Waals surface area (Å²) < 4.78 is 0. The Morgan fingerprint density at radius 1 is 1.00 bits per heavy atom. The summed E-state index contributed by atoms with van der Waals surface area (Å²) in [6.07, 6.45) is 0. The van der Waals surface area contributed by atoms with E-state index in [0.29, 0.717) is 0 Å². The van der Waals surface area contributed by atoms with Gasteiger partial charge in [-0.05, 0) is 0 Å². The Balaban J connectivity index is 0. The Morgan fingerprint density at radius 2 is 1.00 bits per heavy atom. The van der Waals surface area contributed by atoms with Gasteiger partial charge in [0.25, 0.3) is 0 Å². The van der Waals surface area contributed by atoms with Crippen molar-refractivity contribution in [2.45, 2.75) is 0 Å². The summed E-state index contributed by atoms with van der Waals surface area (Å²) in [4.78, 5) is 0. The molecule has 7 heteroatoms. The SMILES string of the molecule is [B].[Co].[Cr].[Fe].[Ni].[Ta].[Zr]. The third-order valence-corrected chi connectivity index (χ3v) is 0. The molecule has 0 aromatic carbocycles. The van der Waals surface area contributed by atoms with Gasteiger partial charge in [0.15, 0.2) is 0 Å². The molecule has 0 saturated carbocycles. The van der Waals surface area contributed by atoms with E-state index in [1.165, 1.54) is 0 Å². The Labute approximate surface area is 122 Å². The van der Waals surface area contributed by atoms with Crippen LogP contribution in [-0.4, -0.2) is 8.41 Å². The topological polar surface area (TPSA) is 0 Å². The van der Waals surface area contributed by atoms with Gasteiger partial charge in [0.2, 0.25) is 0 Å². The zero-order valence-electron chi connectivity index (χ0n) is 2.94. The van der Waals surface area contributed by atoms with E-state index in [1.807, 2.05) is 0 Å². The van der Waals surface area contributed by atoms with Gasteiger partial charge in [-0.2, -0.15) is 0 Å². The summed E-state index contributed by atoms with van der Waals surface area (Å²) in [6, 6.07) is 0. The summed E-state index contributed by atoms with van der Waals surface area (Å²) in [7, 11) is 0. The molecule has 0 unspecified atom stereocenters. The molecule has 0 aliphatic carbocycles. The van der Waals surface area contributed by atoms with Crippen molar-refractivity contribution in [1.82, 2.24) is 0 Å². The first-order valence-corrected chi connectivity index (χ1v) is 0. The van der Waals surface area contributed by atoms with Crippen molar-refractivity contribution in [3.63, 3.8) is 0 Å². The maximum Gasteiger partial charge on any atom is 0 e. The fraction of sp³-hybridized carbons (Fsp3) is 0. The Bertz CT molecular complexity index is 19.7. The summed E-state index contributed by atoms with van der Waals surface area (Å²) in [5.74, 6) is 0. The summed E-state index contributed by atoms with van der Waals surface area (Å²) in [5.41, 5.74) is 0. The molecule has 45 valence electrons. The molecular formula is BCoCrFeNiTaZr. The normalized spacial score (nSPS) is 0. The smallest absolute Gasteiger partial charge is 0 e. The molecule has 0 nitrogen and oxygen atoms in total. The van der Waals surface area contributed by atoms with E-state index in [4.69, 9.17) is 0 Å². The van der Waals surface area contributed by atoms with Crippen molar-refractivity contribution < 1.29 is 116 Å². The maximum absolute atomic E-state index is 0. The van der Waals surface area contributed by atoms with Crippen LogP contribution in [-0.2, 0) is 116 Å². The Hall–Kier alpha value is 3.74. The molecule has 0 heterocycles. The van der Waals surface area contributed by atoms with Crippen molar-refractivity contribution in [3.8, 4) is 0 Å². The summed E-state index contributed by atoms with van der Waals surface area (Å²) >= 11 is 0. The van der Waals surface area contributed by atoms with E-state index in [0.717, 1.165) is 0 Å². The zero-order chi connectivity index (χ0) is 0. The molecule has 0 spiro atoms. The van der Waals surface area contributed by atoms with Crippen LogP contribution >= 0.6 is 0 Å². The minimum Gasteiger partial charge on any atom is 0 e. The predicted molar refractivity (Wildman–Crippen MR) is 5.75 cm³/mol. The second kappa shape index (κ2) is 53.2. The van der Waals surface area contributed by atoms with Crippen LogP contribution < -0.4 is 0 Å². The van der Waals surface area contributed by atoms with Gasteiger partial charge in [-0.1, -0.05) is 0 Å². The minimum absolute atomic E-state index is 0. The van der Waals surface area contributed by atoms with Gasteiger partial charge in [0.1, 0.15) is 0 Å². The summed E-state index contributed by atoms with van der Waals surface area (Å²) in [6.45, 7) is 0. The van der Waals surface area contributed by atoms with E-state index in [9.17, 15) is 0 Å². The fourth-order valence-corrected chi connectivity index (χ4v) is 0. The van der Waals surface area contributed by atoms with Crippen molar-refractivity contribution in [2.75, 3.05) is 0 Å². The fourth-order valence-electron chi connectivity index (χ4n) is 0. The average molecular weight is 508 g/mol. The number of hydrogen-bond donors (Lipinski definition) is 0. The molecule has 0 aromatic heterocycles. The van der Waals surface area contributed by atoms with E-state index in [2.05, 4.69) is 0 Å². The van der Waals surface area contributed by atoms with Crippen molar-refractivity contribution >= 4 is 8.41 Å². The second-order valence-corrected chi connectivity index (χ2v) is 0. The van der Waals surface area contributed by atoms with E-state index in [1.54, 1.807) is 0 Å². The summed E-state index contributed by atoms with van der Waals surface area (Å²) in [5, 5.41) is 0. The van der Waals surface area contributed by atoms with Crippen LogP contribution in [0.2, 0.25) is 0 Å². The van der Waals surface area contributed by atoms with Crippen LogP contribution in [0.4, 0.5) is 0 Å². The molecule has 0 N–H and O–H groups in total. The van der Waals surface area contributed by atoms with Crippen LogP contribution in [0.15, 0.2) is 0 Å². The standard InChI is InChI=1S/B.Co.Cr.Fe.Ni.Ta.Zr. The van der Waals surface area contributed by atoms with Gasteiger partial charge >= 0.3 is 0 Å². The van der Waals surface area contributed by atoms with Crippen molar-refractivity contribution in [2.24, 2.45) is 0 Å². The molecule has 7 heavy (non-hydrogen) atoms. The first kappa shape index (κ1) is 72.8. The van der Waals surface area contributed by atoms with Crippen LogP contribution in [0.5, 0.6) is 0 Å². The second-order valence-electron chi connectivity index (χ2n) is 0. The third kappa shape index (κ3) is 41.7. The van der Waals surface area contributed by atoms with Crippen LogP contribution in [0, 0.1) is 0 Å². The van der Waals surface area contributed by atoms with E-state index in [-0.39, 0.29) is 125 Å². The Morgan fingerprint density at radius 3 is 1.00 bits per heavy atom. The molecule has 0 aliphatic heterocycles. The maximum atomic E-state index is 0. The molecule has 0 atom stereocenters. The van der Waals surface area contributed by atoms with Crippen LogP contribution in [0.25, 0.3) is 0 Å². The zero-order valence-corrected chi connectivity index (χ0v) is 13.0. The predicted octanol–water partition coefficient (Wildman–Crippen LogP) is -0.396. The van der Waals surface area contributed by atoms with Gasteiger partial charge in [0.05, 0.1) is 0 Å². The molecule has 5 radical (unpaired) electrons. The first-order chi connectivity index (χ1) is 0. The van der Waals surface area contributed by atoms with E-state index >= 15 is 0 Å². The molecule has 0 aromatic rings. The van der Waals surface area contributed by atoms with Crippen LogP contribution in [0.3, 0.4) is 0 Å². The average Bonchev–Trinajstić information content (AvgIpc) is 0. The molecule has 0 amide bonds. The first-order valence-electron chi connectivity index (χ1n) is 0. The van der Waals surface area contributed by atoms with Gasteiger partial charge in [-0.25, -0.2) is 0 Å². The molecule has 0 saturated heterocycles. The monoisotopic (exact) mass is 507 g/mol. The van der Waals surface area contributed by atoms with Gasteiger partial charge in [0, 0.05) is 125 Å². The van der Waals surface area contributed by atoms with Gasteiger partial charge < -0.3 is 0 Å². The Kier molecular flexibility index (Phi) is 553. The molecule has 0 aliphatic rings. The molecular weight excluding hydrogens is 508 g/mol. The van der Waals surface area contributed by atoms with Gasteiger partial charge in [-0.15, -0.1) is 0 Å². The molecule has 0 rings (SSSR count). The molecule has 0 bridgehead atoms. The molecule has 0 fully saturated rings. The van der Waals surface area contributed by atoms with Crippen LogP contribution in [0.1, 0.15) is 0 Å². The quantitative estimate of drug-likeness (QED) is 0.391. The number of hydrogen-bond acceptors (Lipinski definition) is 0. The number of rotatable bonds is 0. The van der Waals surface area contributed by atoms with E-state index < -0.39 is 0 Å². The largest absolute Gasteiger partial charge is 0 e. The third-order valence-electron chi connectivity index (χ3n) is 0. The van der Waals surface area contributed by atoms with Crippen molar-refractivity contribution in [1.29, 1.82) is 0 Å². The van der Waals surface area contributed by atoms with Crippen molar-refractivity contribution in [3.05, 3.63) is 0 Å². The van der Waals surface area contributed by atoms with Gasteiger partial charge in [-0.3, -0.25) is 0 Å².